The lowest BCUT2D eigenvalue weighted by atomic mass is 10.1. The van der Waals surface area contributed by atoms with Gasteiger partial charge in [0.1, 0.15) is 5.75 Å². The molecule has 1 amide bonds. The SMILES string of the molecule is CCCC1Oc2cc(Br)c(Br)cc2NC1=O. The first-order chi connectivity index (χ1) is 7.61. The van der Waals surface area contributed by atoms with Crippen LogP contribution in [0.1, 0.15) is 19.8 Å². The van der Waals surface area contributed by atoms with Gasteiger partial charge in [-0.3, -0.25) is 4.79 Å². The number of hydrogen-bond donors (Lipinski definition) is 1. The largest absolute Gasteiger partial charge is 0.478 e. The second-order valence-electron chi connectivity index (χ2n) is 3.65. The van der Waals surface area contributed by atoms with E-state index in [1.807, 2.05) is 19.1 Å². The van der Waals surface area contributed by atoms with Crippen molar-refractivity contribution < 1.29 is 9.53 Å². The Kier molecular flexibility index (Phi) is 3.54. The number of carbonyl (C=O) groups is 1. The predicted molar refractivity (Wildman–Crippen MR) is 69.8 cm³/mol. The average molecular weight is 349 g/mol. The number of anilines is 1. The molecule has 0 aromatic heterocycles. The summed E-state index contributed by atoms with van der Waals surface area (Å²) in [5.74, 6) is 0.650. The number of rotatable bonds is 2. The topological polar surface area (TPSA) is 38.3 Å². The van der Waals surface area contributed by atoms with Crippen molar-refractivity contribution in [2.75, 3.05) is 5.32 Å². The predicted octanol–water partition coefficient (Wildman–Crippen LogP) is 3.71. The maximum Gasteiger partial charge on any atom is 0.265 e. The minimum Gasteiger partial charge on any atom is -0.478 e. The Labute approximate surface area is 111 Å². The van der Waals surface area contributed by atoms with Gasteiger partial charge in [0.15, 0.2) is 6.10 Å². The Balaban J connectivity index is 2.32. The maximum atomic E-state index is 11.7. The molecule has 2 rings (SSSR count). The quantitative estimate of drug-likeness (QED) is 0.884. The van der Waals surface area contributed by atoms with Crippen LogP contribution in [-0.4, -0.2) is 12.0 Å². The zero-order valence-electron chi connectivity index (χ0n) is 8.72. The first-order valence-electron chi connectivity index (χ1n) is 5.08. The summed E-state index contributed by atoms with van der Waals surface area (Å²) in [7, 11) is 0. The molecule has 0 saturated carbocycles. The van der Waals surface area contributed by atoms with E-state index in [1.54, 1.807) is 0 Å². The van der Waals surface area contributed by atoms with E-state index in [9.17, 15) is 4.79 Å². The van der Waals surface area contributed by atoms with Gasteiger partial charge in [-0.25, -0.2) is 0 Å². The van der Waals surface area contributed by atoms with E-state index in [1.165, 1.54) is 0 Å². The highest BCUT2D eigenvalue weighted by Crippen LogP contribution is 2.37. The van der Waals surface area contributed by atoms with Gasteiger partial charge in [-0.2, -0.15) is 0 Å². The lowest BCUT2D eigenvalue weighted by Gasteiger charge is -2.26. The number of hydrogen-bond acceptors (Lipinski definition) is 2. The fourth-order valence-corrected chi connectivity index (χ4v) is 2.26. The molecule has 86 valence electrons. The molecule has 1 N–H and O–H groups in total. The van der Waals surface area contributed by atoms with Crippen LogP contribution in [0.3, 0.4) is 0 Å². The molecule has 1 aliphatic rings. The van der Waals surface area contributed by atoms with Gasteiger partial charge in [-0.05, 0) is 50.4 Å². The molecule has 0 bridgehead atoms. The van der Waals surface area contributed by atoms with E-state index >= 15 is 0 Å². The lowest BCUT2D eigenvalue weighted by Crippen LogP contribution is -2.36. The van der Waals surface area contributed by atoms with Crippen LogP contribution in [0, 0.1) is 0 Å². The Morgan fingerprint density at radius 1 is 1.38 bits per heavy atom. The third-order valence-corrected chi connectivity index (χ3v) is 4.24. The van der Waals surface area contributed by atoms with Gasteiger partial charge in [-0.15, -0.1) is 0 Å². The number of amides is 1. The molecule has 1 aromatic carbocycles. The second kappa shape index (κ2) is 4.75. The van der Waals surface area contributed by atoms with E-state index < -0.39 is 0 Å². The van der Waals surface area contributed by atoms with Crippen molar-refractivity contribution in [3.05, 3.63) is 21.1 Å². The molecule has 0 saturated heterocycles. The molecule has 5 heteroatoms. The van der Waals surface area contributed by atoms with Crippen LogP contribution in [-0.2, 0) is 4.79 Å². The highest BCUT2D eigenvalue weighted by atomic mass is 79.9. The normalized spacial score (nSPS) is 18.7. The molecule has 16 heavy (non-hydrogen) atoms. The molecule has 1 aliphatic heterocycles. The van der Waals surface area contributed by atoms with Crippen LogP contribution in [0.5, 0.6) is 5.75 Å². The summed E-state index contributed by atoms with van der Waals surface area (Å²) in [6.07, 6.45) is 1.29. The standard InChI is InChI=1S/C11H11Br2NO2/c1-2-3-9-11(15)14-8-4-6(12)7(13)5-10(8)16-9/h4-5,9H,2-3H2,1H3,(H,14,15). The summed E-state index contributed by atoms with van der Waals surface area (Å²) in [4.78, 5) is 11.7. The molecule has 1 unspecified atom stereocenters. The smallest absolute Gasteiger partial charge is 0.265 e. The van der Waals surface area contributed by atoms with Crippen molar-refractivity contribution in [1.82, 2.24) is 0 Å². The van der Waals surface area contributed by atoms with Crippen molar-refractivity contribution in [2.24, 2.45) is 0 Å². The molecule has 0 aliphatic carbocycles. The van der Waals surface area contributed by atoms with Gasteiger partial charge < -0.3 is 10.1 Å². The summed E-state index contributed by atoms with van der Waals surface area (Å²) in [5, 5.41) is 2.85. The van der Waals surface area contributed by atoms with Crippen molar-refractivity contribution in [3.63, 3.8) is 0 Å². The van der Waals surface area contributed by atoms with Gasteiger partial charge in [0.25, 0.3) is 5.91 Å². The van der Waals surface area contributed by atoms with Gasteiger partial charge in [0.05, 0.1) is 5.69 Å². The molecule has 0 spiro atoms. The Morgan fingerprint density at radius 2 is 2.06 bits per heavy atom. The maximum absolute atomic E-state index is 11.7. The highest BCUT2D eigenvalue weighted by molar-refractivity contribution is 9.13. The number of nitrogens with one attached hydrogen (secondary N) is 1. The third kappa shape index (κ3) is 2.25. The van der Waals surface area contributed by atoms with Crippen LogP contribution in [0.4, 0.5) is 5.69 Å². The van der Waals surface area contributed by atoms with E-state index in [4.69, 9.17) is 4.74 Å². The summed E-state index contributed by atoms with van der Waals surface area (Å²) in [5.41, 5.74) is 0.715. The van der Waals surface area contributed by atoms with Crippen LogP contribution >= 0.6 is 31.9 Å². The van der Waals surface area contributed by atoms with Crippen molar-refractivity contribution in [2.45, 2.75) is 25.9 Å². The Morgan fingerprint density at radius 3 is 2.75 bits per heavy atom. The summed E-state index contributed by atoms with van der Waals surface area (Å²) in [6, 6.07) is 3.70. The summed E-state index contributed by atoms with van der Waals surface area (Å²) in [6.45, 7) is 2.03. The fourth-order valence-electron chi connectivity index (χ4n) is 1.60. The zero-order valence-corrected chi connectivity index (χ0v) is 11.9. The Hall–Kier alpha value is -0.550. The number of ether oxygens (including phenoxy) is 1. The van der Waals surface area contributed by atoms with Gasteiger partial charge >= 0.3 is 0 Å². The summed E-state index contributed by atoms with van der Waals surface area (Å²) < 4.78 is 7.46. The minimum absolute atomic E-state index is 0.0661. The minimum atomic E-state index is -0.370. The molecule has 1 heterocycles. The fraction of sp³-hybridized carbons (Fsp3) is 0.364. The molecule has 1 atom stereocenters. The molecule has 0 fully saturated rings. The van der Waals surface area contributed by atoms with Gasteiger partial charge in [0.2, 0.25) is 0 Å². The monoisotopic (exact) mass is 347 g/mol. The average Bonchev–Trinajstić information content (AvgIpc) is 2.23. The first-order valence-corrected chi connectivity index (χ1v) is 6.67. The summed E-state index contributed by atoms with van der Waals surface area (Å²) >= 11 is 6.80. The van der Waals surface area contributed by atoms with E-state index in [2.05, 4.69) is 37.2 Å². The van der Waals surface area contributed by atoms with Crippen molar-refractivity contribution in [1.29, 1.82) is 0 Å². The molecule has 0 radical (unpaired) electrons. The van der Waals surface area contributed by atoms with Crippen LogP contribution in [0.2, 0.25) is 0 Å². The van der Waals surface area contributed by atoms with Gasteiger partial charge in [-0.1, -0.05) is 13.3 Å². The highest BCUT2D eigenvalue weighted by Gasteiger charge is 2.27. The van der Waals surface area contributed by atoms with Crippen molar-refractivity contribution in [3.8, 4) is 5.75 Å². The molecule has 3 nitrogen and oxygen atoms in total. The number of carbonyl (C=O) groups excluding carboxylic acids is 1. The molecular formula is C11H11Br2NO2. The second-order valence-corrected chi connectivity index (χ2v) is 5.36. The van der Waals surface area contributed by atoms with Gasteiger partial charge in [0, 0.05) is 8.95 Å². The zero-order chi connectivity index (χ0) is 11.7. The Bertz CT molecular complexity index is 434. The van der Waals surface area contributed by atoms with Crippen LogP contribution in [0.25, 0.3) is 0 Å². The third-order valence-electron chi connectivity index (χ3n) is 2.39. The number of halogens is 2. The van der Waals surface area contributed by atoms with E-state index in [0.717, 1.165) is 21.8 Å². The molecular weight excluding hydrogens is 338 g/mol. The van der Waals surface area contributed by atoms with E-state index in [-0.39, 0.29) is 12.0 Å². The lowest BCUT2D eigenvalue weighted by molar-refractivity contribution is -0.123. The number of fused-ring (bicyclic) bond motifs is 1. The first kappa shape index (κ1) is 11.9. The van der Waals surface area contributed by atoms with Crippen molar-refractivity contribution >= 4 is 43.5 Å². The van der Waals surface area contributed by atoms with Crippen LogP contribution in [0.15, 0.2) is 21.1 Å². The number of benzene rings is 1. The van der Waals surface area contributed by atoms with Crippen LogP contribution < -0.4 is 10.1 Å². The molecule has 1 aromatic rings. The van der Waals surface area contributed by atoms with E-state index in [0.29, 0.717) is 11.4 Å².